The van der Waals surface area contributed by atoms with Crippen molar-refractivity contribution in [1.82, 2.24) is 0 Å². The predicted octanol–water partition coefficient (Wildman–Crippen LogP) is 2.61. The van der Waals surface area contributed by atoms with Crippen LogP contribution in [0.2, 0.25) is 0 Å². The van der Waals surface area contributed by atoms with E-state index < -0.39 is 34.5 Å². The van der Waals surface area contributed by atoms with Crippen molar-refractivity contribution in [3.8, 4) is 40.1 Å². The van der Waals surface area contributed by atoms with E-state index in [1.807, 2.05) is 0 Å². The molecule has 1 aromatic heterocycles. The summed E-state index contributed by atoms with van der Waals surface area (Å²) >= 11 is 0. The number of fused-ring (bicyclic) bond motifs is 1. The summed E-state index contributed by atoms with van der Waals surface area (Å²) in [6.07, 6.45) is 0. The molecule has 2 aromatic carbocycles. The van der Waals surface area contributed by atoms with Gasteiger partial charge in [-0.05, 0) is 12.1 Å². The second kappa shape index (κ2) is 5.20. The Hall–Kier alpha value is -3.68. The van der Waals surface area contributed by atoms with E-state index in [9.17, 15) is 35.4 Å². The van der Waals surface area contributed by atoms with Crippen molar-refractivity contribution < 1.29 is 39.9 Å². The minimum atomic E-state index is -1.53. The molecule has 24 heavy (non-hydrogen) atoms. The fourth-order valence-electron chi connectivity index (χ4n) is 2.38. The third-order valence-corrected chi connectivity index (χ3v) is 3.43. The molecule has 0 radical (unpaired) electrons. The minimum absolute atomic E-state index is 0.0787. The van der Waals surface area contributed by atoms with E-state index in [1.54, 1.807) is 0 Å². The van der Waals surface area contributed by atoms with Gasteiger partial charge in [0.05, 0.1) is 11.6 Å². The smallest absolute Gasteiger partial charge is 0.403 e. The molecule has 8 heteroatoms. The topological polar surface area (TPSA) is 150 Å². The monoisotopic (exact) mass is 331 g/mol. The Morgan fingerprint density at radius 3 is 2.21 bits per heavy atom. The van der Waals surface area contributed by atoms with Gasteiger partial charge in [0.2, 0.25) is 5.75 Å². The number of rotatable bonds is 2. The van der Waals surface area contributed by atoms with Crippen LogP contribution in [0.4, 0.5) is 0 Å². The molecule has 0 fully saturated rings. The molecular formula is C16H11O8+. The molecule has 0 unspecified atom stereocenters. The van der Waals surface area contributed by atoms with Gasteiger partial charge in [-0.2, -0.15) is 0 Å². The maximum atomic E-state index is 11.5. The minimum Gasteiger partial charge on any atom is -0.507 e. The molecule has 0 aliphatic heterocycles. The lowest BCUT2D eigenvalue weighted by molar-refractivity contribution is 0.0695. The first-order chi connectivity index (χ1) is 11.3. The molecule has 0 aliphatic carbocycles. The Morgan fingerprint density at radius 2 is 1.58 bits per heavy atom. The molecule has 0 saturated carbocycles. The van der Waals surface area contributed by atoms with Crippen LogP contribution in [-0.2, 0) is 0 Å². The number of benzene rings is 2. The Labute approximate surface area is 133 Å². The standard InChI is InChI=1S/C16H10O8/c17-7-4-10(20)12-11(5-7)24-15(14(21)13(12)16(22)23)6-1-2-8(18)9(19)3-6/h1-5H,(H5-,17,18,19,20,21,22,23)/p+1. The molecule has 6 N–H and O–H groups in total. The van der Waals surface area contributed by atoms with Gasteiger partial charge in [0, 0.05) is 12.1 Å². The summed E-state index contributed by atoms with van der Waals surface area (Å²) < 4.78 is 5.40. The lowest BCUT2D eigenvalue weighted by Gasteiger charge is -2.05. The second-order valence-electron chi connectivity index (χ2n) is 5.00. The van der Waals surface area contributed by atoms with E-state index in [2.05, 4.69) is 0 Å². The Bertz CT molecular complexity index is 993. The van der Waals surface area contributed by atoms with Crippen LogP contribution in [0.15, 0.2) is 34.7 Å². The number of phenolic OH excluding ortho intramolecular Hbond substituents is 4. The van der Waals surface area contributed by atoms with Crippen LogP contribution >= 0.6 is 0 Å². The van der Waals surface area contributed by atoms with Crippen molar-refractivity contribution in [2.45, 2.75) is 0 Å². The number of carboxylic acid groups (broad SMARTS) is 1. The van der Waals surface area contributed by atoms with Crippen molar-refractivity contribution in [3.05, 3.63) is 35.9 Å². The molecule has 1 heterocycles. The van der Waals surface area contributed by atoms with Gasteiger partial charge in [0.1, 0.15) is 22.4 Å². The lowest BCUT2D eigenvalue weighted by Crippen LogP contribution is -2.00. The van der Waals surface area contributed by atoms with E-state index in [4.69, 9.17) is 4.42 Å². The van der Waals surface area contributed by atoms with Crippen LogP contribution < -0.4 is 0 Å². The van der Waals surface area contributed by atoms with Gasteiger partial charge in [-0.15, -0.1) is 0 Å². The third-order valence-electron chi connectivity index (χ3n) is 3.43. The highest BCUT2D eigenvalue weighted by molar-refractivity contribution is 6.08. The van der Waals surface area contributed by atoms with Crippen molar-refractivity contribution >= 4 is 16.9 Å². The average Bonchev–Trinajstić information content (AvgIpc) is 2.49. The Kier molecular flexibility index (Phi) is 3.30. The van der Waals surface area contributed by atoms with Gasteiger partial charge in [-0.25, -0.2) is 9.21 Å². The zero-order valence-corrected chi connectivity index (χ0v) is 11.9. The fraction of sp³-hybridized carbons (Fsp3) is 0. The number of aromatic hydroxyl groups is 5. The van der Waals surface area contributed by atoms with Gasteiger partial charge >= 0.3 is 17.3 Å². The maximum Gasteiger partial charge on any atom is 0.403 e. The van der Waals surface area contributed by atoms with Crippen molar-refractivity contribution in [1.29, 1.82) is 0 Å². The quantitative estimate of drug-likeness (QED) is 0.310. The molecule has 0 bridgehead atoms. The molecule has 122 valence electrons. The lowest BCUT2D eigenvalue weighted by atomic mass is 10.0. The molecule has 0 atom stereocenters. The zero-order valence-electron chi connectivity index (χ0n) is 11.9. The normalized spacial score (nSPS) is 10.8. The summed E-state index contributed by atoms with van der Waals surface area (Å²) in [4.78, 5) is 11.5. The van der Waals surface area contributed by atoms with Crippen LogP contribution in [0, 0.1) is 0 Å². The number of carbonyl (C=O) groups is 1. The Balaban J connectivity index is 2.43. The first kappa shape index (κ1) is 15.2. The molecule has 3 rings (SSSR count). The molecule has 3 aromatic rings. The summed E-state index contributed by atoms with van der Waals surface area (Å²) in [5.41, 5.74) is -0.739. The largest absolute Gasteiger partial charge is 0.507 e. The van der Waals surface area contributed by atoms with Crippen molar-refractivity contribution in [2.75, 3.05) is 0 Å². The summed E-state index contributed by atoms with van der Waals surface area (Å²) in [7, 11) is 0. The van der Waals surface area contributed by atoms with Gasteiger partial charge in [-0.1, -0.05) is 0 Å². The van der Waals surface area contributed by atoms with Crippen LogP contribution in [0.1, 0.15) is 10.4 Å². The molecule has 0 saturated heterocycles. The highest BCUT2D eigenvalue weighted by atomic mass is 16.4. The van der Waals surface area contributed by atoms with E-state index in [0.29, 0.717) is 0 Å². The first-order valence-electron chi connectivity index (χ1n) is 6.60. The van der Waals surface area contributed by atoms with Crippen LogP contribution in [-0.4, -0.2) is 36.6 Å². The number of hydrogen-bond donors (Lipinski definition) is 6. The van der Waals surface area contributed by atoms with E-state index >= 15 is 0 Å². The fourth-order valence-corrected chi connectivity index (χ4v) is 2.38. The average molecular weight is 331 g/mol. The summed E-state index contributed by atoms with van der Waals surface area (Å²) in [6.45, 7) is 0. The number of carboxylic acids is 1. The van der Waals surface area contributed by atoms with Crippen LogP contribution in [0.3, 0.4) is 0 Å². The summed E-state index contributed by atoms with van der Waals surface area (Å²) in [5, 5.41) is 57.7. The van der Waals surface area contributed by atoms with Crippen LogP contribution in [0.5, 0.6) is 28.7 Å². The number of aromatic carboxylic acids is 1. The van der Waals surface area contributed by atoms with Gasteiger partial charge < -0.3 is 30.6 Å². The third kappa shape index (κ3) is 2.26. The van der Waals surface area contributed by atoms with Crippen LogP contribution in [0.25, 0.3) is 22.3 Å². The molecule has 8 nitrogen and oxygen atoms in total. The maximum absolute atomic E-state index is 11.5. The zero-order chi connectivity index (χ0) is 17.6. The molecule has 0 amide bonds. The summed E-state index contributed by atoms with van der Waals surface area (Å²) in [5.74, 6) is -4.49. The molecular weight excluding hydrogens is 320 g/mol. The van der Waals surface area contributed by atoms with Gasteiger partial charge in [0.25, 0.3) is 0 Å². The van der Waals surface area contributed by atoms with Crippen molar-refractivity contribution in [2.24, 2.45) is 0 Å². The highest BCUT2D eigenvalue weighted by Crippen LogP contribution is 2.43. The Morgan fingerprint density at radius 1 is 0.875 bits per heavy atom. The van der Waals surface area contributed by atoms with Crippen molar-refractivity contribution in [3.63, 3.8) is 0 Å². The second-order valence-corrected chi connectivity index (χ2v) is 5.00. The van der Waals surface area contributed by atoms with E-state index in [1.165, 1.54) is 6.07 Å². The summed E-state index contributed by atoms with van der Waals surface area (Å²) in [6, 6.07) is 5.46. The predicted molar refractivity (Wildman–Crippen MR) is 81.3 cm³/mol. The molecule has 0 aliphatic rings. The van der Waals surface area contributed by atoms with E-state index in [-0.39, 0.29) is 28.0 Å². The molecule has 0 spiro atoms. The van der Waals surface area contributed by atoms with Gasteiger partial charge in [0.15, 0.2) is 11.5 Å². The highest BCUT2D eigenvalue weighted by Gasteiger charge is 2.33. The first-order valence-corrected chi connectivity index (χ1v) is 6.60. The van der Waals surface area contributed by atoms with Gasteiger partial charge in [-0.3, -0.25) is 0 Å². The SMILES string of the molecule is O=C(O)c1c(O)c(-c2ccc(O)c(O)c2)[o+]c2cc(O)cc(O)c12. The number of phenols is 4. The van der Waals surface area contributed by atoms with E-state index in [0.717, 1.165) is 24.3 Å². The number of hydrogen-bond acceptors (Lipinski definition) is 6.